The molecule has 0 aliphatic heterocycles. The van der Waals surface area contributed by atoms with Crippen molar-refractivity contribution in [1.29, 1.82) is 0 Å². The lowest BCUT2D eigenvalue weighted by Gasteiger charge is -2.05. The summed E-state index contributed by atoms with van der Waals surface area (Å²) < 4.78 is 1.74. The monoisotopic (exact) mass is 256 g/mol. The average Bonchev–Trinajstić information content (AvgIpc) is 3.19. The number of hydrogen-bond acceptors (Lipinski definition) is 3. The number of nitrogens with zero attached hydrogens (tertiary/aromatic N) is 3. The largest absolute Gasteiger partial charge is 0.312 e. The Bertz CT molecular complexity index is 525. The van der Waals surface area contributed by atoms with Gasteiger partial charge in [-0.2, -0.15) is 5.10 Å². The van der Waals surface area contributed by atoms with Crippen molar-refractivity contribution < 1.29 is 0 Å². The summed E-state index contributed by atoms with van der Waals surface area (Å²) in [5.74, 6) is 1.75. The minimum Gasteiger partial charge on any atom is -0.312 e. The van der Waals surface area contributed by atoms with E-state index in [0.29, 0.717) is 0 Å². The summed E-state index contributed by atoms with van der Waals surface area (Å²) in [6, 6.07) is 9.02. The van der Waals surface area contributed by atoms with Crippen LogP contribution in [0.5, 0.6) is 0 Å². The fourth-order valence-electron chi connectivity index (χ4n) is 2.26. The Hall–Kier alpha value is -1.68. The summed E-state index contributed by atoms with van der Waals surface area (Å²) in [6.45, 7) is 1.83. The second-order valence-corrected chi connectivity index (χ2v) is 5.28. The third-order valence-electron chi connectivity index (χ3n) is 3.53. The predicted molar refractivity (Wildman–Crippen MR) is 74.8 cm³/mol. The highest BCUT2D eigenvalue weighted by Gasteiger charge is 2.22. The van der Waals surface area contributed by atoms with E-state index in [4.69, 9.17) is 0 Å². The van der Waals surface area contributed by atoms with E-state index in [1.54, 1.807) is 11.0 Å². The van der Waals surface area contributed by atoms with Gasteiger partial charge in [0.2, 0.25) is 0 Å². The Balaban J connectivity index is 1.41. The second kappa shape index (κ2) is 5.53. The maximum Gasteiger partial charge on any atom is 0.151 e. The predicted octanol–water partition coefficient (Wildman–Crippen LogP) is 2.02. The lowest BCUT2D eigenvalue weighted by atomic mass is 10.1. The zero-order valence-electron chi connectivity index (χ0n) is 11.3. The molecule has 0 spiro atoms. The molecular formula is C15H20N4. The Morgan fingerprint density at radius 2 is 2.05 bits per heavy atom. The summed E-state index contributed by atoms with van der Waals surface area (Å²) in [4.78, 5) is 4.21. The third kappa shape index (κ3) is 3.41. The van der Waals surface area contributed by atoms with Crippen LogP contribution in [0.3, 0.4) is 0 Å². The van der Waals surface area contributed by atoms with Crippen LogP contribution in [0.1, 0.15) is 35.7 Å². The van der Waals surface area contributed by atoms with E-state index in [1.165, 1.54) is 24.0 Å². The number of rotatable bonds is 6. The number of nitrogens with one attached hydrogen (secondary N) is 1. The smallest absolute Gasteiger partial charge is 0.151 e. The van der Waals surface area contributed by atoms with Crippen molar-refractivity contribution in [2.45, 2.75) is 31.7 Å². The van der Waals surface area contributed by atoms with Gasteiger partial charge in [0.05, 0.1) is 0 Å². The van der Waals surface area contributed by atoms with Gasteiger partial charge in [-0.3, -0.25) is 4.68 Å². The van der Waals surface area contributed by atoms with Crippen LogP contribution in [-0.4, -0.2) is 21.3 Å². The van der Waals surface area contributed by atoms with E-state index in [0.717, 1.165) is 31.3 Å². The highest BCUT2D eigenvalue weighted by molar-refractivity contribution is 5.27. The maximum atomic E-state index is 4.26. The van der Waals surface area contributed by atoms with Crippen LogP contribution in [0.4, 0.5) is 0 Å². The second-order valence-electron chi connectivity index (χ2n) is 5.28. The molecule has 1 N–H and O–H groups in total. The molecule has 1 aromatic carbocycles. The van der Waals surface area contributed by atoms with Gasteiger partial charge in [-0.05, 0) is 29.9 Å². The Kier molecular flexibility index (Phi) is 3.60. The van der Waals surface area contributed by atoms with Crippen molar-refractivity contribution in [3.63, 3.8) is 0 Å². The van der Waals surface area contributed by atoms with Gasteiger partial charge in [-0.1, -0.05) is 24.3 Å². The fourth-order valence-corrected chi connectivity index (χ4v) is 2.26. The number of benzene rings is 1. The van der Waals surface area contributed by atoms with Crippen LogP contribution in [0.2, 0.25) is 0 Å². The normalized spacial score (nSPS) is 14.8. The number of hydrogen-bond donors (Lipinski definition) is 1. The lowest BCUT2D eigenvalue weighted by molar-refractivity contribution is 0.661. The summed E-state index contributed by atoms with van der Waals surface area (Å²) in [6.07, 6.45) is 5.36. The van der Waals surface area contributed by atoms with Crippen LogP contribution in [-0.2, 0) is 20.0 Å². The average molecular weight is 256 g/mol. The molecule has 0 radical (unpaired) electrons. The third-order valence-corrected chi connectivity index (χ3v) is 3.53. The minimum absolute atomic E-state index is 0.845. The van der Waals surface area contributed by atoms with Crippen LogP contribution in [0.25, 0.3) is 0 Å². The van der Waals surface area contributed by atoms with Crippen molar-refractivity contribution in [3.8, 4) is 0 Å². The summed E-state index contributed by atoms with van der Waals surface area (Å²) in [5.41, 5.74) is 2.85. The van der Waals surface area contributed by atoms with Gasteiger partial charge in [-0.15, -0.1) is 0 Å². The van der Waals surface area contributed by atoms with E-state index in [2.05, 4.69) is 39.7 Å². The first-order valence-electron chi connectivity index (χ1n) is 6.95. The molecule has 1 aromatic heterocycles. The van der Waals surface area contributed by atoms with Gasteiger partial charge in [0.25, 0.3) is 0 Å². The molecule has 0 amide bonds. The molecule has 1 aliphatic rings. The topological polar surface area (TPSA) is 42.7 Å². The van der Waals surface area contributed by atoms with Crippen LogP contribution < -0.4 is 5.32 Å². The molecular weight excluding hydrogens is 236 g/mol. The summed E-state index contributed by atoms with van der Waals surface area (Å²) >= 11 is 0. The van der Waals surface area contributed by atoms with Gasteiger partial charge in [0.15, 0.2) is 5.82 Å². The molecule has 0 bridgehead atoms. The van der Waals surface area contributed by atoms with E-state index in [9.17, 15) is 0 Å². The standard InChI is InChI=1S/C15H20N4/c1-19-11-17-15(18-19)8-9-16-10-12-2-4-13(5-3-12)14-6-7-14/h2-5,11,14,16H,6-10H2,1H3. The van der Waals surface area contributed by atoms with Crippen LogP contribution in [0, 0.1) is 0 Å². The van der Waals surface area contributed by atoms with Gasteiger partial charge in [0.1, 0.15) is 6.33 Å². The molecule has 1 aliphatic carbocycles. The van der Waals surface area contributed by atoms with E-state index in [-0.39, 0.29) is 0 Å². The molecule has 1 saturated carbocycles. The SMILES string of the molecule is Cn1cnc(CCNCc2ccc(C3CC3)cc2)n1. The highest BCUT2D eigenvalue weighted by atomic mass is 15.3. The van der Waals surface area contributed by atoms with E-state index >= 15 is 0 Å². The molecule has 3 rings (SSSR count). The molecule has 19 heavy (non-hydrogen) atoms. The number of aromatic nitrogens is 3. The first kappa shape index (κ1) is 12.4. The van der Waals surface area contributed by atoms with Crippen molar-refractivity contribution >= 4 is 0 Å². The molecule has 1 fully saturated rings. The zero-order valence-corrected chi connectivity index (χ0v) is 11.3. The minimum atomic E-state index is 0.845. The Morgan fingerprint density at radius 3 is 2.68 bits per heavy atom. The van der Waals surface area contributed by atoms with Gasteiger partial charge in [0, 0.05) is 26.6 Å². The quantitative estimate of drug-likeness (QED) is 0.804. The molecule has 4 heteroatoms. The van der Waals surface area contributed by atoms with Crippen LogP contribution >= 0.6 is 0 Å². The van der Waals surface area contributed by atoms with E-state index in [1.807, 2.05) is 7.05 Å². The number of aryl methyl sites for hydroxylation is 1. The first-order valence-corrected chi connectivity index (χ1v) is 6.95. The molecule has 100 valence electrons. The first-order chi connectivity index (χ1) is 9.31. The fraction of sp³-hybridized carbons (Fsp3) is 0.467. The Labute approximate surface area is 113 Å². The maximum absolute atomic E-state index is 4.26. The molecule has 0 atom stereocenters. The molecule has 4 nitrogen and oxygen atoms in total. The van der Waals surface area contributed by atoms with Crippen molar-refractivity contribution in [1.82, 2.24) is 20.1 Å². The summed E-state index contributed by atoms with van der Waals surface area (Å²) in [5, 5.41) is 7.69. The molecule has 2 aromatic rings. The van der Waals surface area contributed by atoms with Gasteiger partial charge >= 0.3 is 0 Å². The Morgan fingerprint density at radius 1 is 1.26 bits per heavy atom. The van der Waals surface area contributed by atoms with Crippen molar-refractivity contribution in [2.75, 3.05) is 6.54 Å². The van der Waals surface area contributed by atoms with Crippen molar-refractivity contribution in [2.24, 2.45) is 7.05 Å². The van der Waals surface area contributed by atoms with Gasteiger partial charge < -0.3 is 5.32 Å². The summed E-state index contributed by atoms with van der Waals surface area (Å²) in [7, 11) is 1.89. The molecule has 0 unspecified atom stereocenters. The van der Waals surface area contributed by atoms with Crippen LogP contribution in [0.15, 0.2) is 30.6 Å². The van der Waals surface area contributed by atoms with Gasteiger partial charge in [-0.25, -0.2) is 4.98 Å². The van der Waals surface area contributed by atoms with E-state index < -0.39 is 0 Å². The molecule has 1 heterocycles. The lowest BCUT2D eigenvalue weighted by Crippen LogP contribution is -2.17. The molecule has 0 saturated heterocycles. The zero-order chi connectivity index (χ0) is 13.1. The van der Waals surface area contributed by atoms with Crippen molar-refractivity contribution in [3.05, 3.63) is 47.5 Å². The highest BCUT2D eigenvalue weighted by Crippen LogP contribution is 2.39.